The van der Waals surface area contributed by atoms with Crippen molar-refractivity contribution in [3.8, 4) is 0 Å². The number of rotatable bonds is 3. The van der Waals surface area contributed by atoms with Gasteiger partial charge in [-0.3, -0.25) is 9.59 Å². The van der Waals surface area contributed by atoms with Crippen molar-refractivity contribution in [2.45, 2.75) is 12.0 Å². The highest BCUT2D eigenvalue weighted by atomic mass is 35.5. The summed E-state index contributed by atoms with van der Waals surface area (Å²) in [5.74, 6) is -0.321. The maximum absolute atomic E-state index is 13.4. The molecule has 0 radical (unpaired) electrons. The van der Waals surface area contributed by atoms with Crippen LogP contribution in [0.4, 0.5) is 0 Å². The fraction of sp³-hybridized carbons (Fsp3) is 0.0952. The predicted octanol–water partition coefficient (Wildman–Crippen LogP) is 3.64. The zero-order valence-corrected chi connectivity index (χ0v) is 14.1. The number of carbonyl (C=O) groups is 2. The number of nitrogens with zero attached hydrogens (tertiary/aromatic N) is 1. The number of ketones is 2. The van der Waals surface area contributed by atoms with Gasteiger partial charge in [0.2, 0.25) is 0 Å². The van der Waals surface area contributed by atoms with Crippen LogP contribution in [0.3, 0.4) is 0 Å². The molecule has 0 atom stereocenters. The lowest BCUT2D eigenvalue weighted by molar-refractivity contribution is -0.700. The number of aromatic nitrogens is 1. The van der Waals surface area contributed by atoms with Crippen LogP contribution in [0.15, 0.2) is 79.1 Å². The summed E-state index contributed by atoms with van der Waals surface area (Å²) in [7, 11) is 0. The standard InChI is InChI=1S/C21H15ClNO2/c22-16-10-8-15(9-11-16)21(14-23-12-4-1-5-13-23)19(24)17-6-2-3-7-18(17)20(21)25/h1-13H,14H2/q+1. The molecule has 1 aliphatic rings. The molecule has 0 saturated carbocycles. The van der Waals surface area contributed by atoms with E-state index in [1.807, 2.05) is 35.2 Å². The van der Waals surface area contributed by atoms with Crippen LogP contribution in [-0.2, 0) is 12.0 Å². The highest BCUT2D eigenvalue weighted by Gasteiger charge is 2.56. The van der Waals surface area contributed by atoms with Crippen molar-refractivity contribution >= 4 is 23.2 Å². The summed E-state index contributed by atoms with van der Waals surface area (Å²) in [4.78, 5) is 26.7. The van der Waals surface area contributed by atoms with E-state index in [9.17, 15) is 9.59 Å². The Balaban J connectivity index is 1.93. The first-order valence-electron chi connectivity index (χ1n) is 8.02. The fourth-order valence-electron chi connectivity index (χ4n) is 3.49. The third kappa shape index (κ3) is 2.39. The lowest BCUT2D eigenvalue weighted by Gasteiger charge is -2.23. The third-order valence-electron chi connectivity index (χ3n) is 4.73. The molecule has 0 bridgehead atoms. The number of carbonyl (C=O) groups excluding carboxylic acids is 2. The van der Waals surface area contributed by atoms with Crippen molar-refractivity contribution in [2.24, 2.45) is 0 Å². The Hall–Kier alpha value is -2.78. The lowest BCUT2D eigenvalue weighted by atomic mass is 9.75. The Morgan fingerprint density at radius 2 is 1.32 bits per heavy atom. The number of benzene rings is 2. The van der Waals surface area contributed by atoms with Gasteiger partial charge in [0.05, 0.1) is 0 Å². The summed E-state index contributed by atoms with van der Waals surface area (Å²) in [6.45, 7) is 0.252. The van der Waals surface area contributed by atoms with E-state index in [2.05, 4.69) is 0 Å². The molecule has 2 aromatic carbocycles. The minimum absolute atomic E-state index is 0.160. The number of fused-ring (bicyclic) bond motifs is 1. The van der Waals surface area contributed by atoms with Crippen LogP contribution in [0, 0.1) is 0 Å². The van der Waals surface area contributed by atoms with Crippen LogP contribution in [0.25, 0.3) is 0 Å². The van der Waals surface area contributed by atoms with Gasteiger partial charge < -0.3 is 0 Å². The normalized spacial score (nSPS) is 15.2. The molecule has 0 N–H and O–H groups in total. The summed E-state index contributed by atoms with van der Waals surface area (Å²) in [6, 6.07) is 19.7. The minimum atomic E-state index is -1.26. The molecule has 0 saturated heterocycles. The number of hydrogen-bond acceptors (Lipinski definition) is 2. The van der Waals surface area contributed by atoms with Crippen LogP contribution in [-0.4, -0.2) is 11.6 Å². The summed E-state index contributed by atoms with van der Waals surface area (Å²) < 4.78 is 1.87. The van der Waals surface area contributed by atoms with E-state index in [4.69, 9.17) is 11.6 Å². The second-order valence-electron chi connectivity index (χ2n) is 6.16. The van der Waals surface area contributed by atoms with Crippen molar-refractivity contribution in [1.29, 1.82) is 0 Å². The van der Waals surface area contributed by atoms with Gasteiger partial charge in [0, 0.05) is 28.3 Å². The molecule has 0 fully saturated rings. The van der Waals surface area contributed by atoms with Gasteiger partial charge in [0.1, 0.15) is 0 Å². The van der Waals surface area contributed by atoms with Gasteiger partial charge in [-0.1, -0.05) is 54.1 Å². The van der Waals surface area contributed by atoms with Gasteiger partial charge in [0.15, 0.2) is 35.9 Å². The molecule has 0 spiro atoms. The quantitative estimate of drug-likeness (QED) is 0.535. The molecule has 1 aromatic heterocycles. The summed E-state index contributed by atoms with van der Waals surface area (Å²) in [6.07, 6.45) is 3.72. The van der Waals surface area contributed by atoms with Gasteiger partial charge in [0.25, 0.3) is 0 Å². The predicted molar refractivity (Wildman–Crippen MR) is 94.9 cm³/mol. The highest BCUT2D eigenvalue weighted by Crippen LogP contribution is 2.40. The molecule has 25 heavy (non-hydrogen) atoms. The zero-order valence-electron chi connectivity index (χ0n) is 13.4. The fourth-order valence-corrected chi connectivity index (χ4v) is 3.61. The van der Waals surface area contributed by atoms with Crippen LogP contribution in [0.1, 0.15) is 26.3 Å². The first-order chi connectivity index (χ1) is 12.1. The van der Waals surface area contributed by atoms with Gasteiger partial charge in [-0.05, 0) is 17.7 Å². The van der Waals surface area contributed by atoms with Gasteiger partial charge in [-0.25, -0.2) is 4.57 Å². The van der Waals surface area contributed by atoms with Crippen molar-refractivity contribution < 1.29 is 14.2 Å². The van der Waals surface area contributed by atoms with Crippen LogP contribution in [0.2, 0.25) is 5.02 Å². The zero-order chi connectivity index (χ0) is 17.4. The molecule has 4 rings (SSSR count). The van der Waals surface area contributed by atoms with E-state index >= 15 is 0 Å². The topological polar surface area (TPSA) is 38.0 Å². The van der Waals surface area contributed by atoms with Crippen molar-refractivity contribution in [1.82, 2.24) is 0 Å². The first-order valence-corrected chi connectivity index (χ1v) is 8.39. The maximum atomic E-state index is 13.4. The van der Waals surface area contributed by atoms with Crippen LogP contribution in [0.5, 0.6) is 0 Å². The SMILES string of the molecule is O=C1c2ccccc2C(=O)C1(C[n+]1ccccc1)c1ccc(Cl)cc1. The van der Waals surface area contributed by atoms with Crippen molar-refractivity contribution in [3.63, 3.8) is 0 Å². The van der Waals surface area contributed by atoms with E-state index < -0.39 is 5.41 Å². The van der Waals surface area contributed by atoms with Gasteiger partial charge >= 0.3 is 0 Å². The first kappa shape index (κ1) is 15.7. The molecule has 0 unspecified atom stereocenters. The molecule has 3 nitrogen and oxygen atoms in total. The van der Waals surface area contributed by atoms with Crippen LogP contribution >= 0.6 is 11.6 Å². The average Bonchev–Trinajstić information content (AvgIpc) is 2.86. The minimum Gasteiger partial charge on any atom is -0.292 e. The smallest absolute Gasteiger partial charge is 0.188 e. The Kier molecular flexibility index (Phi) is 3.74. The second kappa shape index (κ2) is 5.94. The molecule has 3 aromatic rings. The lowest BCUT2D eigenvalue weighted by Crippen LogP contribution is -2.52. The largest absolute Gasteiger partial charge is 0.292 e. The number of Topliss-reactive ketones (excluding diaryl/α,β-unsaturated/α-hetero) is 2. The number of pyridine rings is 1. The molecular formula is C21H15ClNO2+. The number of halogens is 1. The van der Waals surface area contributed by atoms with Crippen LogP contribution < -0.4 is 4.57 Å². The maximum Gasteiger partial charge on any atom is 0.188 e. The Labute approximate surface area is 150 Å². The Bertz CT molecular complexity index is 930. The van der Waals surface area contributed by atoms with Gasteiger partial charge in [-0.2, -0.15) is 0 Å². The summed E-state index contributed by atoms with van der Waals surface area (Å²) in [5.41, 5.74) is 0.373. The third-order valence-corrected chi connectivity index (χ3v) is 4.98. The van der Waals surface area contributed by atoms with E-state index in [1.54, 1.807) is 48.5 Å². The van der Waals surface area contributed by atoms with Crippen molar-refractivity contribution in [3.05, 3.63) is 101 Å². The number of hydrogen-bond donors (Lipinski definition) is 0. The molecule has 0 aliphatic heterocycles. The van der Waals surface area contributed by atoms with E-state index in [-0.39, 0.29) is 18.1 Å². The molecule has 0 amide bonds. The van der Waals surface area contributed by atoms with E-state index in [0.717, 1.165) is 0 Å². The molecule has 1 heterocycles. The Morgan fingerprint density at radius 1 is 0.760 bits per heavy atom. The Morgan fingerprint density at radius 3 is 1.88 bits per heavy atom. The molecule has 1 aliphatic carbocycles. The van der Waals surface area contributed by atoms with E-state index in [1.165, 1.54) is 0 Å². The van der Waals surface area contributed by atoms with E-state index in [0.29, 0.717) is 21.7 Å². The average molecular weight is 349 g/mol. The molecule has 4 heteroatoms. The van der Waals surface area contributed by atoms with Gasteiger partial charge in [-0.15, -0.1) is 0 Å². The monoisotopic (exact) mass is 348 g/mol. The van der Waals surface area contributed by atoms with Crippen molar-refractivity contribution in [2.75, 3.05) is 0 Å². The molecule has 122 valence electrons. The highest BCUT2D eigenvalue weighted by molar-refractivity contribution is 6.33. The molecular weight excluding hydrogens is 334 g/mol. The summed E-state index contributed by atoms with van der Waals surface area (Å²) >= 11 is 6.01. The summed E-state index contributed by atoms with van der Waals surface area (Å²) in [5, 5.41) is 0.571. The second-order valence-corrected chi connectivity index (χ2v) is 6.60.